The lowest BCUT2D eigenvalue weighted by Gasteiger charge is -2.15. The first kappa shape index (κ1) is 14.3. The summed E-state index contributed by atoms with van der Waals surface area (Å²) >= 11 is 11.8. The van der Waals surface area contributed by atoms with Gasteiger partial charge in [-0.15, -0.1) is 0 Å². The number of hydrogen-bond acceptors (Lipinski definition) is 2. The fourth-order valence-electron chi connectivity index (χ4n) is 1.28. The second kappa shape index (κ2) is 6.24. The molecule has 1 atom stereocenters. The van der Waals surface area contributed by atoms with Gasteiger partial charge < -0.3 is 11.1 Å². The maximum Gasteiger partial charge on any atom is 0.237 e. The molecular weight excluding hydrogens is 259 g/mol. The highest BCUT2D eigenvalue weighted by Gasteiger charge is 2.16. The average Bonchev–Trinajstić information content (AvgIpc) is 2.28. The van der Waals surface area contributed by atoms with Gasteiger partial charge in [-0.25, -0.2) is 0 Å². The molecule has 1 aromatic carbocycles. The fraction of sp³-hybridized carbons (Fsp3) is 0.417. The van der Waals surface area contributed by atoms with Gasteiger partial charge in [-0.3, -0.25) is 4.79 Å². The van der Waals surface area contributed by atoms with E-state index >= 15 is 0 Å². The molecule has 1 amide bonds. The van der Waals surface area contributed by atoms with E-state index in [1.165, 1.54) is 0 Å². The minimum absolute atomic E-state index is 0.102. The molecule has 0 fully saturated rings. The Bertz CT molecular complexity index is 407. The molecule has 5 heteroatoms. The van der Waals surface area contributed by atoms with Crippen molar-refractivity contribution in [3.8, 4) is 0 Å². The van der Waals surface area contributed by atoms with Gasteiger partial charge in [0.15, 0.2) is 0 Å². The Morgan fingerprint density at radius 1 is 1.41 bits per heavy atom. The van der Waals surface area contributed by atoms with Crippen molar-refractivity contribution >= 4 is 29.1 Å². The first-order valence-electron chi connectivity index (χ1n) is 5.39. The lowest BCUT2D eigenvalue weighted by molar-refractivity contribution is -0.123. The summed E-state index contributed by atoms with van der Waals surface area (Å²) in [6.45, 7) is 4.13. The zero-order valence-corrected chi connectivity index (χ0v) is 11.3. The van der Waals surface area contributed by atoms with Gasteiger partial charge in [-0.05, 0) is 29.7 Å². The molecule has 0 spiro atoms. The molecule has 0 aliphatic carbocycles. The monoisotopic (exact) mass is 274 g/mol. The molecule has 0 aromatic heterocycles. The van der Waals surface area contributed by atoms with Gasteiger partial charge >= 0.3 is 0 Å². The SMILES string of the molecule is CC(C)C(N)C(=O)NCc1cc(Cl)ccc1Cl. The third-order valence-corrected chi connectivity index (χ3v) is 3.09. The number of carbonyl (C=O) groups excluding carboxylic acids is 1. The van der Waals surface area contributed by atoms with Crippen LogP contribution < -0.4 is 11.1 Å². The predicted octanol–water partition coefficient (Wildman–Crippen LogP) is 2.59. The normalized spacial score (nSPS) is 12.6. The molecule has 3 N–H and O–H groups in total. The topological polar surface area (TPSA) is 55.1 Å². The molecule has 94 valence electrons. The number of nitrogens with one attached hydrogen (secondary N) is 1. The molecule has 1 rings (SSSR count). The summed E-state index contributed by atoms with van der Waals surface area (Å²) in [4.78, 5) is 11.6. The van der Waals surface area contributed by atoms with E-state index in [1.54, 1.807) is 18.2 Å². The Balaban J connectivity index is 2.61. The van der Waals surface area contributed by atoms with Crippen LogP contribution in [0.5, 0.6) is 0 Å². The highest BCUT2D eigenvalue weighted by atomic mass is 35.5. The summed E-state index contributed by atoms with van der Waals surface area (Å²) in [5.41, 5.74) is 6.50. The van der Waals surface area contributed by atoms with Crippen LogP contribution in [0.4, 0.5) is 0 Å². The molecule has 0 saturated carbocycles. The molecule has 0 aliphatic heterocycles. The first-order valence-corrected chi connectivity index (χ1v) is 6.14. The van der Waals surface area contributed by atoms with Crippen LogP contribution in [-0.4, -0.2) is 11.9 Å². The number of rotatable bonds is 4. The molecule has 1 unspecified atom stereocenters. The van der Waals surface area contributed by atoms with Gasteiger partial charge in [0.2, 0.25) is 5.91 Å². The molecule has 0 saturated heterocycles. The number of hydrogen-bond donors (Lipinski definition) is 2. The maximum absolute atomic E-state index is 11.6. The van der Waals surface area contributed by atoms with Gasteiger partial charge in [-0.1, -0.05) is 37.0 Å². The number of nitrogens with two attached hydrogens (primary N) is 1. The molecule has 0 aliphatic rings. The Kier molecular flexibility index (Phi) is 5.25. The maximum atomic E-state index is 11.6. The van der Waals surface area contributed by atoms with Crippen molar-refractivity contribution in [2.75, 3.05) is 0 Å². The average molecular weight is 275 g/mol. The number of amides is 1. The molecule has 3 nitrogen and oxygen atoms in total. The van der Waals surface area contributed by atoms with E-state index in [9.17, 15) is 4.79 Å². The van der Waals surface area contributed by atoms with Crippen LogP contribution in [0.25, 0.3) is 0 Å². The van der Waals surface area contributed by atoms with E-state index in [2.05, 4.69) is 5.32 Å². The van der Waals surface area contributed by atoms with E-state index in [-0.39, 0.29) is 11.8 Å². The van der Waals surface area contributed by atoms with Crippen molar-refractivity contribution in [3.05, 3.63) is 33.8 Å². The first-order chi connectivity index (χ1) is 7.91. The van der Waals surface area contributed by atoms with Gasteiger partial charge in [0.1, 0.15) is 0 Å². The van der Waals surface area contributed by atoms with Gasteiger partial charge in [0.25, 0.3) is 0 Å². The minimum atomic E-state index is -0.507. The van der Waals surface area contributed by atoms with Crippen LogP contribution in [0, 0.1) is 5.92 Å². The number of benzene rings is 1. The van der Waals surface area contributed by atoms with E-state index in [0.29, 0.717) is 16.6 Å². The molecular formula is C12H16Cl2N2O. The van der Waals surface area contributed by atoms with Crippen LogP contribution in [0.1, 0.15) is 19.4 Å². The summed E-state index contributed by atoms with van der Waals surface area (Å²) in [7, 11) is 0. The minimum Gasteiger partial charge on any atom is -0.351 e. The molecule has 0 heterocycles. The van der Waals surface area contributed by atoms with Crippen molar-refractivity contribution in [3.63, 3.8) is 0 Å². The number of carbonyl (C=O) groups is 1. The van der Waals surface area contributed by atoms with E-state index in [1.807, 2.05) is 13.8 Å². The largest absolute Gasteiger partial charge is 0.351 e. The van der Waals surface area contributed by atoms with Crippen molar-refractivity contribution in [1.82, 2.24) is 5.32 Å². The molecule has 0 bridgehead atoms. The second-order valence-electron chi connectivity index (χ2n) is 4.22. The van der Waals surface area contributed by atoms with Crippen molar-refractivity contribution in [1.29, 1.82) is 0 Å². The molecule has 0 radical (unpaired) electrons. The zero-order chi connectivity index (χ0) is 13.0. The van der Waals surface area contributed by atoms with Crippen LogP contribution in [0.3, 0.4) is 0 Å². The zero-order valence-electron chi connectivity index (χ0n) is 9.84. The smallest absolute Gasteiger partial charge is 0.237 e. The standard InChI is InChI=1S/C12H16Cl2N2O/c1-7(2)11(15)12(17)16-6-8-5-9(13)3-4-10(8)14/h3-5,7,11H,6,15H2,1-2H3,(H,16,17). The Labute approximate surface area is 111 Å². The summed E-state index contributed by atoms with van der Waals surface area (Å²) in [6.07, 6.45) is 0. The van der Waals surface area contributed by atoms with E-state index < -0.39 is 6.04 Å². The Hall–Kier alpha value is -0.770. The lowest BCUT2D eigenvalue weighted by atomic mass is 10.0. The van der Waals surface area contributed by atoms with Crippen LogP contribution in [0.15, 0.2) is 18.2 Å². The quantitative estimate of drug-likeness (QED) is 0.887. The predicted molar refractivity (Wildman–Crippen MR) is 71.1 cm³/mol. The van der Waals surface area contributed by atoms with Crippen molar-refractivity contribution in [2.24, 2.45) is 11.7 Å². The van der Waals surface area contributed by atoms with Gasteiger partial charge in [0.05, 0.1) is 6.04 Å². The summed E-state index contributed by atoms with van der Waals surface area (Å²) in [5, 5.41) is 3.91. The second-order valence-corrected chi connectivity index (χ2v) is 5.07. The Morgan fingerprint density at radius 3 is 2.65 bits per heavy atom. The Morgan fingerprint density at radius 2 is 2.06 bits per heavy atom. The summed E-state index contributed by atoms with van der Waals surface area (Å²) in [6, 6.07) is 4.63. The third kappa shape index (κ3) is 4.19. The van der Waals surface area contributed by atoms with Gasteiger partial charge in [0, 0.05) is 16.6 Å². The highest BCUT2D eigenvalue weighted by Crippen LogP contribution is 2.20. The molecule has 1 aromatic rings. The van der Waals surface area contributed by atoms with Crippen LogP contribution in [0.2, 0.25) is 10.0 Å². The van der Waals surface area contributed by atoms with E-state index in [0.717, 1.165) is 5.56 Å². The van der Waals surface area contributed by atoms with Crippen LogP contribution >= 0.6 is 23.2 Å². The van der Waals surface area contributed by atoms with Crippen molar-refractivity contribution in [2.45, 2.75) is 26.4 Å². The summed E-state index contributed by atoms with van der Waals surface area (Å²) < 4.78 is 0. The van der Waals surface area contributed by atoms with Gasteiger partial charge in [-0.2, -0.15) is 0 Å². The number of halogens is 2. The fourth-order valence-corrected chi connectivity index (χ4v) is 1.66. The van der Waals surface area contributed by atoms with E-state index in [4.69, 9.17) is 28.9 Å². The van der Waals surface area contributed by atoms with Crippen LogP contribution in [-0.2, 0) is 11.3 Å². The lowest BCUT2D eigenvalue weighted by Crippen LogP contribution is -2.43. The third-order valence-electron chi connectivity index (χ3n) is 2.48. The summed E-state index contributed by atoms with van der Waals surface area (Å²) in [5.74, 6) is -0.0825. The highest BCUT2D eigenvalue weighted by molar-refractivity contribution is 6.33. The van der Waals surface area contributed by atoms with Crippen molar-refractivity contribution < 1.29 is 4.79 Å². The molecule has 17 heavy (non-hydrogen) atoms.